The molecule has 0 spiro atoms. The van der Waals surface area contributed by atoms with Gasteiger partial charge in [0.05, 0.1) is 5.56 Å². The Balaban J connectivity index is 2.04. The lowest BCUT2D eigenvalue weighted by molar-refractivity contribution is -0.126. The molecule has 2 rings (SSSR count). The SMILES string of the molecule is CC(=O)Nc1cccc(C(=O)O[C@H](C)C(=O)N(C)c2ccccc2)c1. The molecule has 0 aromatic heterocycles. The van der Waals surface area contributed by atoms with E-state index in [4.69, 9.17) is 4.74 Å². The molecule has 6 heteroatoms. The summed E-state index contributed by atoms with van der Waals surface area (Å²) in [5.74, 6) is -1.20. The van der Waals surface area contributed by atoms with Crippen molar-refractivity contribution in [2.45, 2.75) is 20.0 Å². The molecule has 0 saturated carbocycles. The largest absolute Gasteiger partial charge is 0.449 e. The van der Waals surface area contributed by atoms with Crippen molar-refractivity contribution in [2.24, 2.45) is 0 Å². The van der Waals surface area contributed by atoms with Gasteiger partial charge in [-0.25, -0.2) is 4.79 Å². The number of rotatable bonds is 5. The number of likely N-dealkylation sites (N-methyl/N-ethyl adjacent to an activating group) is 1. The number of carbonyl (C=O) groups is 3. The summed E-state index contributed by atoms with van der Waals surface area (Å²) in [5.41, 5.74) is 1.46. The van der Waals surface area contributed by atoms with Crippen molar-refractivity contribution in [3.63, 3.8) is 0 Å². The molecule has 1 atom stereocenters. The molecule has 1 N–H and O–H groups in total. The molecule has 0 bridgehead atoms. The fourth-order valence-electron chi connectivity index (χ4n) is 2.26. The van der Waals surface area contributed by atoms with E-state index in [0.717, 1.165) is 0 Å². The highest BCUT2D eigenvalue weighted by Gasteiger charge is 2.23. The standard InChI is InChI=1S/C19H20N2O4/c1-13(18(23)21(3)17-10-5-4-6-11-17)25-19(24)15-8-7-9-16(12-15)20-14(2)22/h4-13H,1-3H3,(H,20,22)/t13-/m1/s1. The highest BCUT2D eigenvalue weighted by molar-refractivity contribution is 5.99. The van der Waals surface area contributed by atoms with Crippen molar-refractivity contribution >= 4 is 29.2 Å². The van der Waals surface area contributed by atoms with E-state index in [1.807, 2.05) is 18.2 Å². The molecule has 0 saturated heterocycles. The van der Waals surface area contributed by atoms with Gasteiger partial charge in [0.15, 0.2) is 6.10 Å². The fraction of sp³-hybridized carbons (Fsp3) is 0.211. The molecule has 6 nitrogen and oxygen atoms in total. The number of hydrogen-bond acceptors (Lipinski definition) is 4. The fourth-order valence-corrected chi connectivity index (χ4v) is 2.26. The van der Waals surface area contributed by atoms with Crippen molar-refractivity contribution in [3.8, 4) is 0 Å². The first-order chi connectivity index (χ1) is 11.9. The predicted molar refractivity (Wildman–Crippen MR) is 95.5 cm³/mol. The molecular weight excluding hydrogens is 320 g/mol. The van der Waals surface area contributed by atoms with Gasteiger partial charge in [-0.1, -0.05) is 24.3 Å². The summed E-state index contributed by atoms with van der Waals surface area (Å²) in [6.07, 6.45) is -0.942. The summed E-state index contributed by atoms with van der Waals surface area (Å²) in [7, 11) is 1.62. The summed E-state index contributed by atoms with van der Waals surface area (Å²) < 4.78 is 5.26. The smallest absolute Gasteiger partial charge is 0.338 e. The third kappa shape index (κ3) is 4.91. The van der Waals surface area contributed by atoms with Gasteiger partial charge in [-0.15, -0.1) is 0 Å². The molecule has 0 unspecified atom stereocenters. The van der Waals surface area contributed by atoms with Gasteiger partial charge in [0.25, 0.3) is 5.91 Å². The highest BCUT2D eigenvalue weighted by atomic mass is 16.5. The summed E-state index contributed by atoms with van der Waals surface area (Å²) in [6, 6.07) is 15.4. The number of esters is 1. The van der Waals surface area contributed by atoms with Crippen LogP contribution in [0, 0.1) is 0 Å². The summed E-state index contributed by atoms with van der Waals surface area (Å²) >= 11 is 0. The van der Waals surface area contributed by atoms with E-state index >= 15 is 0 Å². The van der Waals surface area contributed by atoms with Crippen LogP contribution >= 0.6 is 0 Å². The number of ether oxygens (including phenoxy) is 1. The molecule has 25 heavy (non-hydrogen) atoms. The van der Waals surface area contributed by atoms with Crippen LogP contribution in [0.2, 0.25) is 0 Å². The first-order valence-corrected chi connectivity index (χ1v) is 7.79. The van der Waals surface area contributed by atoms with Crippen molar-refractivity contribution in [1.29, 1.82) is 0 Å². The van der Waals surface area contributed by atoms with Gasteiger partial charge >= 0.3 is 5.97 Å². The van der Waals surface area contributed by atoms with Crippen molar-refractivity contribution in [3.05, 3.63) is 60.2 Å². The number of benzene rings is 2. The first kappa shape index (κ1) is 18.2. The van der Waals surface area contributed by atoms with Gasteiger partial charge in [0.2, 0.25) is 5.91 Å². The molecule has 2 aromatic rings. The van der Waals surface area contributed by atoms with Crippen LogP contribution < -0.4 is 10.2 Å². The Morgan fingerprint density at radius 3 is 2.36 bits per heavy atom. The lowest BCUT2D eigenvalue weighted by Crippen LogP contribution is -2.37. The second-order valence-electron chi connectivity index (χ2n) is 5.54. The Kier molecular flexibility index (Phi) is 5.89. The van der Waals surface area contributed by atoms with Gasteiger partial charge in [-0.2, -0.15) is 0 Å². The quantitative estimate of drug-likeness (QED) is 0.849. The van der Waals surface area contributed by atoms with E-state index in [9.17, 15) is 14.4 Å². The maximum absolute atomic E-state index is 12.4. The van der Waals surface area contributed by atoms with E-state index in [0.29, 0.717) is 11.4 Å². The maximum atomic E-state index is 12.4. The summed E-state index contributed by atoms with van der Waals surface area (Å²) in [5, 5.41) is 2.59. The van der Waals surface area contributed by atoms with Crippen LogP contribution in [0.4, 0.5) is 11.4 Å². The van der Waals surface area contributed by atoms with E-state index in [-0.39, 0.29) is 17.4 Å². The van der Waals surface area contributed by atoms with Crippen LogP contribution in [-0.2, 0) is 14.3 Å². The number of carbonyl (C=O) groups excluding carboxylic acids is 3. The zero-order chi connectivity index (χ0) is 18.4. The van der Waals surface area contributed by atoms with E-state index in [1.165, 1.54) is 24.8 Å². The lowest BCUT2D eigenvalue weighted by Gasteiger charge is -2.21. The van der Waals surface area contributed by atoms with Crippen molar-refractivity contribution in [2.75, 3.05) is 17.3 Å². The minimum atomic E-state index is -0.942. The number of amides is 2. The second-order valence-corrected chi connectivity index (χ2v) is 5.54. The molecule has 0 radical (unpaired) electrons. The second kappa shape index (κ2) is 8.10. The molecule has 0 aliphatic heterocycles. The van der Waals surface area contributed by atoms with Gasteiger partial charge < -0.3 is 15.0 Å². The lowest BCUT2D eigenvalue weighted by atomic mass is 10.2. The average molecular weight is 340 g/mol. The van der Waals surface area contributed by atoms with Gasteiger partial charge in [0, 0.05) is 25.3 Å². The average Bonchev–Trinajstić information content (AvgIpc) is 2.60. The first-order valence-electron chi connectivity index (χ1n) is 7.79. The molecular formula is C19H20N2O4. The van der Waals surface area contributed by atoms with Gasteiger partial charge in [-0.3, -0.25) is 9.59 Å². The maximum Gasteiger partial charge on any atom is 0.338 e. The van der Waals surface area contributed by atoms with Crippen LogP contribution in [0.15, 0.2) is 54.6 Å². The molecule has 0 aliphatic carbocycles. The minimum Gasteiger partial charge on any atom is -0.449 e. The number of nitrogens with one attached hydrogen (secondary N) is 1. The van der Waals surface area contributed by atoms with Gasteiger partial charge in [-0.05, 0) is 37.3 Å². The molecule has 0 aliphatic rings. The Morgan fingerprint density at radius 1 is 1.04 bits per heavy atom. The normalized spacial score (nSPS) is 11.3. The Morgan fingerprint density at radius 2 is 1.72 bits per heavy atom. The van der Waals surface area contributed by atoms with E-state index < -0.39 is 12.1 Å². The zero-order valence-electron chi connectivity index (χ0n) is 14.4. The monoisotopic (exact) mass is 340 g/mol. The topological polar surface area (TPSA) is 75.7 Å². The summed E-state index contributed by atoms with van der Waals surface area (Å²) in [6.45, 7) is 2.91. The number of nitrogens with zero attached hydrogens (tertiary/aromatic N) is 1. The third-order valence-corrected chi connectivity index (χ3v) is 3.52. The highest BCUT2D eigenvalue weighted by Crippen LogP contribution is 2.15. The molecule has 0 heterocycles. The van der Waals surface area contributed by atoms with Crippen molar-refractivity contribution in [1.82, 2.24) is 0 Å². The van der Waals surface area contributed by atoms with Crippen molar-refractivity contribution < 1.29 is 19.1 Å². The zero-order valence-corrected chi connectivity index (χ0v) is 14.4. The van der Waals surface area contributed by atoms with Crippen LogP contribution in [0.25, 0.3) is 0 Å². The number of hydrogen-bond donors (Lipinski definition) is 1. The Labute approximate surface area is 146 Å². The minimum absolute atomic E-state index is 0.237. The van der Waals surface area contributed by atoms with E-state index in [1.54, 1.807) is 37.4 Å². The molecule has 0 fully saturated rings. The molecule has 130 valence electrons. The Hall–Kier alpha value is -3.15. The van der Waals surface area contributed by atoms with Crippen LogP contribution in [0.1, 0.15) is 24.2 Å². The predicted octanol–water partition coefficient (Wildman–Crippen LogP) is 2.85. The third-order valence-electron chi connectivity index (χ3n) is 3.52. The number of para-hydroxylation sites is 1. The number of anilines is 2. The molecule has 2 amide bonds. The van der Waals surface area contributed by atoms with Crippen LogP contribution in [0.3, 0.4) is 0 Å². The van der Waals surface area contributed by atoms with E-state index in [2.05, 4.69) is 5.32 Å². The summed E-state index contributed by atoms with van der Waals surface area (Å²) in [4.78, 5) is 37.2. The van der Waals surface area contributed by atoms with Gasteiger partial charge in [0.1, 0.15) is 0 Å². The Bertz CT molecular complexity index is 774. The van der Waals surface area contributed by atoms with Crippen LogP contribution in [-0.4, -0.2) is 30.9 Å². The van der Waals surface area contributed by atoms with Crippen LogP contribution in [0.5, 0.6) is 0 Å². The molecule has 2 aromatic carbocycles.